The molecule has 0 radical (unpaired) electrons. The van der Waals surface area contributed by atoms with Gasteiger partial charge in [-0.1, -0.05) is 6.92 Å². The fourth-order valence-corrected chi connectivity index (χ4v) is 1.83. The molecule has 1 atom stereocenters. The molecular formula is C13H19N3O2. The van der Waals surface area contributed by atoms with Crippen molar-refractivity contribution in [3.63, 3.8) is 0 Å². The van der Waals surface area contributed by atoms with E-state index >= 15 is 0 Å². The molecule has 5 nitrogen and oxygen atoms in total. The summed E-state index contributed by atoms with van der Waals surface area (Å²) in [6.45, 7) is 4.22. The van der Waals surface area contributed by atoms with Crippen LogP contribution in [0.2, 0.25) is 0 Å². The second-order valence-corrected chi connectivity index (χ2v) is 4.76. The Morgan fingerprint density at radius 2 is 2.28 bits per heavy atom. The second-order valence-electron chi connectivity index (χ2n) is 4.76. The van der Waals surface area contributed by atoms with Crippen LogP contribution in [-0.4, -0.2) is 22.2 Å². The number of nitrogens with two attached hydrogens (primary N) is 1. The molecule has 0 bridgehead atoms. The summed E-state index contributed by atoms with van der Waals surface area (Å²) in [5.41, 5.74) is 7.56. The minimum atomic E-state index is -0.221. The molecule has 2 aromatic rings. The Morgan fingerprint density at radius 3 is 2.94 bits per heavy atom. The summed E-state index contributed by atoms with van der Waals surface area (Å²) in [6.07, 6.45) is 1.51. The number of nitrogens with one attached hydrogen (secondary N) is 1. The van der Waals surface area contributed by atoms with E-state index < -0.39 is 0 Å². The van der Waals surface area contributed by atoms with Gasteiger partial charge in [0.25, 0.3) is 6.01 Å². The van der Waals surface area contributed by atoms with Crippen LogP contribution in [-0.2, 0) is 0 Å². The van der Waals surface area contributed by atoms with Gasteiger partial charge in [-0.3, -0.25) is 0 Å². The van der Waals surface area contributed by atoms with Gasteiger partial charge < -0.3 is 20.6 Å². The number of anilines is 2. The predicted molar refractivity (Wildman–Crippen MR) is 72.4 cm³/mol. The van der Waals surface area contributed by atoms with Crippen molar-refractivity contribution in [2.24, 2.45) is 0 Å². The van der Waals surface area contributed by atoms with Gasteiger partial charge in [0.1, 0.15) is 5.52 Å². The number of hydrogen-bond donors (Lipinski definition) is 3. The molecule has 4 N–H and O–H groups in total. The van der Waals surface area contributed by atoms with Gasteiger partial charge in [-0.2, -0.15) is 4.98 Å². The monoisotopic (exact) mass is 249 g/mol. The normalized spacial score (nSPS) is 14.6. The molecule has 0 fully saturated rings. The van der Waals surface area contributed by atoms with Crippen molar-refractivity contribution in [2.45, 2.75) is 32.2 Å². The van der Waals surface area contributed by atoms with Crippen molar-refractivity contribution in [2.75, 3.05) is 17.7 Å². The molecule has 98 valence electrons. The van der Waals surface area contributed by atoms with Gasteiger partial charge in [-0.05, 0) is 31.9 Å². The van der Waals surface area contributed by atoms with Crippen LogP contribution in [0.5, 0.6) is 0 Å². The number of nitrogen functional groups attached to an aromatic ring is 1. The summed E-state index contributed by atoms with van der Waals surface area (Å²) >= 11 is 0. The minimum absolute atomic E-state index is 0.129. The molecule has 18 heavy (non-hydrogen) atoms. The van der Waals surface area contributed by atoms with Crippen LogP contribution in [0.3, 0.4) is 0 Å². The lowest BCUT2D eigenvalue weighted by Crippen LogP contribution is -2.35. The zero-order valence-electron chi connectivity index (χ0n) is 10.7. The third-order valence-corrected chi connectivity index (χ3v) is 3.27. The molecule has 0 aliphatic rings. The van der Waals surface area contributed by atoms with Crippen molar-refractivity contribution in [1.29, 1.82) is 0 Å². The number of rotatable bonds is 5. The smallest absolute Gasteiger partial charge is 0.296 e. The summed E-state index contributed by atoms with van der Waals surface area (Å²) < 4.78 is 5.61. The second kappa shape index (κ2) is 4.86. The van der Waals surface area contributed by atoms with E-state index in [9.17, 15) is 0 Å². The van der Waals surface area contributed by atoms with E-state index in [0.29, 0.717) is 23.7 Å². The van der Waals surface area contributed by atoms with Crippen LogP contribution in [0.4, 0.5) is 11.7 Å². The molecule has 1 heterocycles. The van der Waals surface area contributed by atoms with E-state index in [2.05, 4.69) is 17.2 Å². The Bertz CT molecular complexity index is 538. The van der Waals surface area contributed by atoms with Crippen molar-refractivity contribution in [3.8, 4) is 0 Å². The third kappa shape index (κ3) is 2.56. The Hall–Kier alpha value is -1.75. The van der Waals surface area contributed by atoms with Gasteiger partial charge in [0, 0.05) is 23.9 Å². The van der Waals surface area contributed by atoms with Crippen molar-refractivity contribution < 1.29 is 9.52 Å². The summed E-state index contributed by atoms with van der Waals surface area (Å²) in [4.78, 5) is 4.35. The average molecular weight is 249 g/mol. The lowest BCUT2D eigenvalue weighted by Gasteiger charge is -2.27. The number of aliphatic hydroxyl groups is 1. The van der Waals surface area contributed by atoms with E-state index in [-0.39, 0.29) is 12.1 Å². The molecule has 5 heteroatoms. The minimum Gasteiger partial charge on any atom is -0.423 e. The quantitative estimate of drug-likeness (QED) is 0.708. The number of aliphatic hydroxyl groups excluding tert-OH is 1. The lowest BCUT2D eigenvalue weighted by atomic mass is 9.95. The summed E-state index contributed by atoms with van der Waals surface area (Å²) in [7, 11) is 0. The summed E-state index contributed by atoms with van der Waals surface area (Å²) in [6, 6.07) is 5.84. The van der Waals surface area contributed by atoms with E-state index in [1.807, 2.05) is 13.0 Å². The highest BCUT2D eigenvalue weighted by atomic mass is 16.4. The Balaban J connectivity index is 2.26. The number of hydrogen-bond acceptors (Lipinski definition) is 5. The van der Waals surface area contributed by atoms with Gasteiger partial charge in [0.05, 0.1) is 0 Å². The van der Waals surface area contributed by atoms with Crippen LogP contribution < -0.4 is 11.1 Å². The topological polar surface area (TPSA) is 84.3 Å². The van der Waals surface area contributed by atoms with E-state index in [4.69, 9.17) is 15.3 Å². The molecule has 0 aliphatic carbocycles. The van der Waals surface area contributed by atoms with E-state index in [1.165, 1.54) is 0 Å². The molecule has 1 aromatic heterocycles. The first-order chi connectivity index (χ1) is 8.56. The van der Waals surface area contributed by atoms with Gasteiger partial charge in [-0.25, -0.2) is 0 Å². The molecule has 0 saturated carbocycles. The van der Waals surface area contributed by atoms with Gasteiger partial charge >= 0.3 is 0 Å². The lowest BCUT2D eigenvalue weighted by molar-refractivity contribution is 0.250. The zero-order valence-corrected chi connectivity index (χ0v) is 10.7. The van der Waals surface area contributed by atoms with Gasteiger partial charge in [-0.15, -0.1) is 0 Å². The average Bonchev–Trinajstić information content (AvgIpc) is 2.70. The van der Waals surface area contributed by atoms with E-state index in [0.717, 1.165) is 11.9 Å². The number of aromatic nitrogens is 1. The molecule has 0 amide bonds. The first kappa shape index (κ1) is 12.7. The summed E-state index contributed by atoms with van der Waals surface area (Å²) in [5, 5.41) is 12.3. The third-order valence-electron chi connectivity index (χ3n) is 3.27. The first-order valence-electron chi connectivity index (χ1n) is 6.11. The molecule has 0 aliphatic heterocycles. The van der Waals surface area contributed by atoms with Crippen LogP contribution in [0.15, 0.2) is 22.6 Å². The first-order valence-corrected chi connectivity index (χ1v) is 6.11. The molecule has 0 saturated heterocycles. The van der Waals surface area contributed by atoms with Crippen LogP contribution in [0.1, 0.15) is 26.7 Å². The number of fused-ring (bicyclic) bond motifs is 1. The highest BCUT2D eigenvalue weighted by Crippen LogP contribution is 2.25. The van der Waals surface area contributed by atoms with Crippen molar-refractivity contribution in [1.82, 2.24) is 4.98 Å². The molecule has 0 spiro atoms. The fourth-order valence-electron chi connectivity index (χ4n) is 1.83. The van der Waals surface area contributed by atoms with E-state index in [1.54, 1.807) is 12.1 Å². The maximum absolute atomic E-state index is 9.08. The zero-order chi connectivity index (χ0) is 13.2. The van der Waals surface area contributed by atoms with Crippen LogP contribution in [0.25, 0.3) is 11.1 Å². The maximum Gasteiger partial charge on any atom is 0.296 e. The summed E-state index contributed by atoms with van der Waals surface area (Å²) in [5.74, 6) is 0. The fraction of sp³-hybridized carbons (Fsp3) is 0.462. The van der Waals surface area contributed by atoms with Crippen LogP contribution in [0, 0.1) is 0 Å². The predicted octanol–water partition coefficient (Wildman–Crippen LogP) is 2.37. The standard InChI is InChI=1S/C13H19N3O2/c1-3-13(2,6-7-17)16-12-15-10-5-4-9(14)8-11(10)18-12/h4-5,8,17H,3,6-7,14H2,1-2H3,(H,15,16). The number of benzene rings is 1. The molecule has 1 aromatic carbocycles. The maximum atomic E-state index is 9.08. The number of oxazole rings is 1. The van der Waals surface area contributed by atoms with Crippen molar-refractivity contribution in [3.05, 3.63) is 18.2 Å². The Labute approximate surface area is 106 Å². The highest BCUT2D eigenvalue weighted by molar-refractivity contribution is 5.78. The molecule has 2 rings (SSSR count). The Kier molecular flexibility index (Phi) is 3.43. The van der Waals surface area contributed by atoms with Crippen molar-refractivity contribution >= 4 is 22.8 Å². The van der Waals surface area contributed by atoms with Gasteiger partial charge in [0.15, 0.2) is 5.58 Å². The molecular weight excluding hydrogens is 230 g/mol. The number of nitrogens with zero attached hydrogens (tertiary/aromatic N) is 1. The largest absolute Gasteiger partial charge is 0.423 e. The van der Waals surface area contributed by atoms with Crippen LogP contribution >= 0.6 is 0 Å². The SMILES string of the molecule is CCC(C)(CCO)Nc1nc2ccc(N)cc2o1. The molecule has 1 unspecified atom stereocenters. The highest BCUT2D eigenvalue weighted by Gasteiger charge is 2.23. The van der Waals surface area contributed by atoms with Gasteiger partial charge in [0.2, 0.25) is 0 Å². The Morgan fingerprint density at radius 1 is 1.50 bits per heavy atom.